The number of aromatic amines is 1. The molecule has 0 aliphatic carbocycles. The molecule has 0 spiro atoms. The Morgan fingerprint density at radius 1 is 0.822 bits per heavy atom. The normalized spacial score (nSPS) is 18.2. The number of nitrogens with zero attached hydrogens (tertiary/aromatic N) is 5. The fourth-order valence-electron chi connectivity index (χ4n) is 6.76. The molecule has 2 bridgehead atoms. The standard InChI is InChI=1S/C36H33FN8/c1-20-14-24(12-13-38-20)41-23-5-9-30-33(17-23)44-36(43-30)31-10-6-25(19-39-31)42-32-15-21(2)40-29-8-4-22(16-28(29)32)27-18-26-7-11-34(35(27)37)45(26)3/h4-6,8-10,12-17,19,26,34H,7,11,18H2,1-3H3,(H,38,41)(H,40,42)(H,43,44)/t26-,34+/m1/s1. The fourth-order valence-corrected chi connectivity index (χ4v) is 6.76. The van der Waals surface area contributed by atoms with Crippen LogP contribution in [0.2, 0.25) is 0 Å². The second-order valence-electron chi connectivity index (χ2n) is 12.2. The maximum Gasteiger partial charge on any atom is 0.157 e. The van der Waals surface area contributed by atoms with Crippen LogP contribution in [0.25, 0.3) is 39.0 Å². The first-order valence-corrected chi connectivity index (χ1v) is 15.3. The summed E-state index contributed by atoms with van der Waals surface area (Å²) in [6.07, 6.45) is 6.27. The molecule has 0 amide bonds. The molecule has 0 unspecified atom stereocenters. The topological polar surface area (TPSA) is 94.6 Å². The van der Waals surface area contributed by atoms with Crippen molar-refractivity contribution in [3.8, 4) is 11.5 Å². The highest BCUT2D eigenvalue weighted by Gasteiger charge is 2.39. The molecule has 6 aromatic rings. The Labute approximate surface area is 260 Å². The maximum absolute atomic E-state index is 15.5. The molecular formula is C36H33FN8. The number of likely N-dealkylation sites (N-methyl/N-ethyl adjacent to an activating group) is 1. The number of nitrogens with one attached hydrogen (secondary N) is 3. The molecule has 8 nitrogen and oxygen atoms in total. The van der Waals surface area contributed by atoms with Gasteiger partial charge in [0.15, 0.2) is 5.82 Å². The summed E-state index contributed by atoms with van der Waals surface area (Å²) in [7, 11) is 2.04. The summed E-state index contributed by atoms with van der Waals surface area (Å²) >= 11 is 0. The van der Waals surface area contributed by atoms with E-state index in [-0.39, 0.29) is 11.9 Å². The van der Waals surface area contributed by atoms with Crippen molar-refractivity contribution in [2.45, 2.75) is 45.2 Å². The van der Waals surface area contributed by atoms with E-state index < -0.39 is 0 Å². The lowest BCUT2D eigenvalue weighted by atomic mass is 9.93. The average molecular weight is 597 g/mol. The minimum atomic E-state index is -0.102. The number of imidazole rings is 1. The van der Waals surface area contributed by atoms with E-state index in [0.29, 0.717) is 11.9 Å². The minimum absolute atomic E-state index is 0.0156. The molecule has 2 aliphatic heterocycles. The second-order valence-corrected chi connectivity index (χ2v) is 12.2. The zero-order valence-electron chi connectivity index (χ0n) is 25.4. The number of fused-ring (bicyclic) bond motifs is 4. The zero-order valence-corrected chi connectivity index (χ0v) is 25.4. The van der Waals surface area contributed by atoms with Crippen molar-refractivity contribution in [2.24, 2.45) is 0 Å². The molecule has 1 fully saturated rings. The number of aromatic nitrogens is 5. The molecule has 0 radical (unpaired) electrons. The van der Waals surface area contributed by atoms with Crippen molar-refractivity contribution < 1.29 is 4.39 Å². The highest BCUT2D eigenvalue weighted by atomic mass is 19.1. The van der Waals surface area contributed by atoms with E-state index in [1.165, 1.54) is 0 Å². The van der Waals surface area contributed by atoms with Crippen LogP contribution in [0.1, 0.15) is 36.2 Å². The molecule has 6 heterocycles. The van der Waals surface area contributed by atoms with Crippen molar-refractivity contribution in [1.82, 2.24) is 29.8 Å². The number of aryl methyl sites for hydroxylation is 2. The smallest absolute Gasteiger partial charge is 0.157 e. The first-order valence-electron chi connectivity index (χ1n) is 15.3. The van der Waals surface area contributed by atoms with Gasteiger partial charge in [-0.2, -0.15) is 0 Å². The van der Waals surface area contributed by atoms with Crippen LogP contribution in [0, 0.1) is 13.8 Å². The van der Waals surface area contributed by atoms with E-state index in [1.54, 1.807) is 6.20 Å². The van der Waals surface area contributed by atoms with Crippen LogP contribution in [-0.2, 0) is 0 Å². The molecule has 0 saturated carbocycles. The van der Waals surface area contributed by atoms with Crippen LogP contribution in [0.5, 0.6) is 0 Å². The summed E-state index contributed by atoms with van der Waals surface area (Å²) < 4.78 is 15.5. The largest absolute Gasteiger partial charge is 0.355 e. The Kier molecular flexibility index (Phi) is 6.57. The van der Waals surface area contributed by atoms with E-state index in [2.05, 4.69) is 31.6 Å². The van der Waals surface area contributed by atoms with Crippen LogP contribution >= 0.6 is 0 Å². The van der Waals surface area contributed by atoms with Gasteiger partial charge >= 0.3 is 0 Å². The van der Waals surface area contributed by atoms with E-state index >= 15 is 4.39 Å². The van der Waals surface area contributed by atoms with Gasteiger partial charge in [0.25, 0.3) is 0 Å². The highest BCUT2D eigenvalue weighted by molar-refractivity contribution is 5.95. The van der Waals surface area contributed by atoms with Gasteiger partial charge in [-0.3, -0.25) is 19.9 Å². The Hall–Kier alpha value is -5.15. The molecule has 224 valence electrons. The number of H-pyrrole nitrogens is 1. The summed E-state index contributed by atoms with van der Waals surface area (Å²) in [5, 5.41) is 7.92. The van der Waals surface area contributed by atoms with Crippen LogP contribution < -0.4 is 10.6 Å². The van der Waals surface area contributed by atoms with Gasteiger partial charge in [0, 0.05) is 46.1 Å². The monoisotopic (exact) mass is 596 g/mol. The van der Waals surface area contributed by atoms with Gasteiger partial charge in [-0.05, 0) is 112 Å². The summed E-state index contributed by atoms with van der Waals surface area (Å²) in [6.45, 7) is 3.96. The molecule has 9 heteroatoms. The molecular weight excluding hydrogens is 563 g/mol. The van der Waals surface area contributed by atoms with Gasteiger partial charge in [-0.15, -0.1) is 0 Å². The summed E-state index contributed by atoms with van der Waals surface area (Å²) in [6, 6.07) is 22.4. The number of rotatable bonds is 6. The number of hydrogen-bond acceptors (Lipinski definition) is 7. The van der Waals surface area contributed by atoms with E-state index in [0.717, 1.165) is 92.2 Å². The summed E-state index contributed by atoms with van der Waals surface area (Å²) in [4.78, 5) is 24.1. The predicted molar refractivity (Wildman–Crippen MR) is 179 cm³/mol. The molecule has 1 saturated heterocycles. The number of halogens is 1. The highest BCUT2D eigenvalue weighted by Crippen LogP contribution is 2.43. The summed E-state index contributed by atoms with van der Waals surface area (Å²) in [5.74, 6) is 0.715. The molecule has 2 aromatic carbocycles. The van der Waals surface area contributed by atoms with Gasteiger partial charge in [-0.1, -0.05) is 6.07 Å². The Balaban J connectivity index is 1.05. The van der Waals surface area contributed by atoms with Crippen molar-refractivity contribution >= 4 is 50.3 Å². The fraction of sp³-hybridized carbons (Fsp3) is 0.222. The molecule has 45 heavy (non-hydrogen) atoms. The third-order valence-corrected chi connectivity index (χ3v) is 9.10. The number of benzene rings is 2. The van der Waals surface area contributed by atoms with E-state index in [9.17, 15) is 0 Å². The molecule has 2 atom stereocenters. The minimum Gasteiger partial charge on any atom is -0.355 e. The average Bonchev–Trinajstić information content (AvgIpc) is 3.57. The zero-order chi connectivity index (χ0) is 30.7. The van der Waals surface area contributed by atoms with Gasteiger partial charge in [0.05, 0.1) is 34.5 Å². The van der Waals surface area contributed by atoms with Crippen LogP contribution in [0.3, 0.4) is 0 Å². The molecule has 4 aromatic heterocycles. The Morgan fingerprint density at radius 3 is 2.51 bits per heavy atom. The third-order valence-electron chi connectivity index (χ3n) is 9.10. The summed E-state index contributed by atoms with van der Waals surface area (Å²) in [5.41, 5.74) is 10.7. The van der Waals surface area contributed by atoms with Crippen molar-refractivity contribution in [3.05, 3.63) is 102 Å². The predicted octanol–water partition coefficient (Wildman–Crippen LogP) is 8.22. The second kappa shape index (κ2) is 10.8. The van der Waals surface area contributed by atoms with Gasteiger partial charge in [-0.25, -0.2) is 9.37 Å². The van der Waals surface area contributed by atoms with Gasteiger partial charge in [0.1, 0.15) is 11.5 Å². The third kappa shape index (κ3) is 5.09. The van der Waals surface area contributed by atoms with Gasteiger partial charge < -0.3 is 15.6 Å². The lowest BCUT2D eigenvalue weighted by Gasteiger charge is -2.32. The van der Waals surface area contributed by atoms with E-state index in [4.69, 9.17) is 15.0 Å². The first kappa shape index (κ1) is 27.4. The van der Waals surface area contributed by atoms with Crippen molar-refractivity contribution in [2.75, 3.05) is 17.7 Å². The van der Waals surface area contributed by atoms with Crippen LogP contribution in [-0.4, -0.2) is 49.0 Å². The molecule has 3 N–H and O–H groups in total. The Morgan fingerprint density at radius 2 is 1.67 bits per heavy atom. The lowest BCUT2D eigenvalue weighted by Crippen LogP contribution is -2.36. The first-order chi connectivity index (χ1) is 21.9. The molecule has 8 rings (SSSR count). The van der Waals surface area contributed by atoms with Gasteiger partial charge in [0.2, 0.25) is 0 Å². The molecule has 2 aliphatic rings. The maximum atomic E-state index is 15.5. The van der Waals surface area contributed by atoms with Crippen molar-refractivity contribution in [1.29, 1.82) is 0 Å². The Bertz CT molecular complexity index is 2120. The number of anilines is 4. The van der Waals surface area contributed by atoms with Crippen LogP contribution in [0.4, 0.5) is 27.1 Å². The van der Waals surface area contributed by atoms with E-state index in [1.807, 2.05) is 87.8 Å². The number of pyridine rings is 3. The SMILES string of the molecule is Cc1cc(Nc2ccc3nc(-c4ccc(Nc5cc(C)nc6ccc(C7=C(F)[C@@H]8CC[C@H](C7)N8C)cc56)cn4)[nH]c3c2)ccn1. The van der Waals surface area contributed by atoms with Crippen LogP contribution in [0.15, 0.2) is 85.0 Å². The quantitative estimate of drug-likeness (QED) is 0.178. The van der Waals surface area contributed by atoms with Crippen molar-refractivity contribution in [3.63, 3.8) is 0 Å². The lowest BCUT2D eigenvalue weighted by molar-refractivity contribution is 0.230. The number of hydrogen-bond donors (Lipinski definition) is 3.